The van der Waals surface area contributed by atoms with Crippen molar-refractivity contribution in [1.82, 2.24) is 9.78 Å². The number of hydrogen-bond acceptors (Lipinski definition) is 3. The maximum absolute atomic E-state index is 12.1. The van der Waals surface area contributed by atoms with Gasteiger partial charge < -0.3 is 0 Å². The van der Waals surface area contributed by atoms with Crippen LogP contribution in [0.1, 0.15) is 28.7 Å². The fourth-order valence-electron chi connectivity index (χ4n) is 1.72. The molecule has 0 radical (unpaired) electrons. The van der Waals surface area contributed by atoms with Gasteiger partial charge in [-0.25, -0.2) is 0 Å². The van der Waals surface area contributed by atoms with Gasteiger partial charge >= 0.3 is 0 Å². The Kier molecular flexibility index (Phi) is 4.45. The molecule has 0 atom stereocenters. The fraction of sp³-hybridized carbons (Fsp3) is 0.333. The lowest BCUT2D eigenvalue weighted by atomic mass is 10.1. The predicted molar refractivity (Wildman–Crippen MR) is 82.7 cm³/mol. The van der Waals surface area contributed by atoms with Crippen LogP contribution in [0.25, 0.3) is 0 Å². The summed E-state index contributed by atoms with van der Waals surface area (Å²) in [4.78, 5) is 12.1. The number of ketones is 1. The quantitative estimate of drug-likeness (QED) is 0.585. The first-order valence-electron chi connectivity index (χ1n) is 5.50. The Bertz CT molecular complexity index is 591. The van der Waals surface area contributed by atoms with Crippen molar-refractivity contribution in [3.63, 3.8) is 0 Å². The van der Waals surface area contributed by atoms with Crippen molar-refractivity contribution in [3.05, 3.63) is 36.3 Å². The van der Waals surface area contributed by atoms with E-state index in [1.807, 2.05) is 25.4 Å². The molecule has 0 amide bonds. The van der Waals surface area contributed by atoms with Gasteiger partial charge in [-0.3, -0.25) is 9.48 Å². The van der Waals surface area contributed by atoms with E-state index in [1.165, 1.54) is 0 Å². The van der Waals surface area contributed by atoms with Crippen LogP contribution < -0.4 is 0 Å². The number of hydrogen-bond donors (Lipinski definition) is 0. The summed E-state index contributed by atoms with van der Waals surface area (Å²) in [6, 6.07) is 1.90. The van der Waals surface area contributed by atoms with Crippen molar-refractivity contribution >= 4 is 51.3 Å². The number of thiophene rings is 1. The Morgan fingerprint density at radius 1 is 1.61 bits per heavy atom. The molecule has 96 valence electrons. The molecule has 0 aliphatic heterocycles. The summed E-state index contributed by atoms with van der Waals surface area (Å²) in [5.74, 6) is 0.0849. The van der Waals surface area contributed by atoms with Crippen LogP contribution in [0.3, 0.4) is 0 Å². The van der Waals surface area contributed by atoms with Gasteiger partial charge in [0.2, 0.25) is 0 Å². The van der Waals surface area contributed by atoms with Crippen LogP contribution in [0.4, 0.5) is 0 Å². The molecule has 0 spiro atoms. The smallest absolute Gasteiger partial charge is 0.169 e. The van der Waals surface area contributed by atoms with Gasteiger partial charge in [0.15, 0.2) is 5.78 Å². The highest BCUT2D eigenvalue weighted by molar-refractivity contribution is 14.1. The van der Waals surface area contributed by atoms with Crippen molar-refractivity contribution in [2.24, 2.45) is 7.05 Å². The van der Waals surface area contributed by atoms with Gasteiger partial charge in [-0.1, -0.05) is 18.5 Å². The first-order valence-corrected chi connectivity index (χ1v) is 7.84. The summed E-state index contributed by atoms with van der Waals surface area (Å²) in [5, 5.41) is 6.82. The molecule has 0 bridgehead atoms. The number of carbonyl (C=O) groups excluding carboxylic acids is 1. The third-order valence-electron chi connectivity index (χ3n) is 2.72. The topological polar surface area (TPSA) is 34.9 Å². The molecule has 0 saturated heterocycles. The van der Waals surface area contributed by atoms with E-state index in [-0.39, 0.29) is 5.78 Å². The molecule has 0 unspecified atom stereocenters. The maximum Gasteiger partial charge on any atom is 0.169 e. The highest BCUT2D eigenvalue weighted by Gasteiger charge is 2.17. The molecule has 0 aromatic carbocycles. The molecule has 3 nitrogen and oxygen atoms in total. The molecular weight excluding hydrogens is 383 g/mol. The zero-order chi connectivity index (χ0) is 13.3. The van der Waals surface area contributed by atoms with Crippen molar-refractivity contribution in [1.29, 1.82) is 0 Å². The molecule has 0 N–H and O–H groups in total. The number of aromatic nitrogens is 2. The maximum atomic E-state index is 12.1. The van der Waals surface area contributed by atoms with Crippen LogP contribution in [0.2, 0.25) is 5.02 Å². The molecule has 0 aliphatic carbocycles. The van der Waals surface area contributed by atoms with Gasteiger partial charge in [0, 0.05) is 18.0 Å². The standard InChI is InChI=1S/C12H12ClIN2OS/c1-3-8-12(13)9(16(2)15-8)5-10(17)7-4-11(14)18-6-7/h4,6H,3,5H2,1-2H3. The lowest BCUT2D eigenvalue weighted by Gasteiger charge is -2.00. The summed E-state index contributed by atoms with van der Waals surface area (Å²) < 4.78 is 2.82. The van der Waals surface area contributed by atoms with Crippen molar-refractivity contribution in [2.45, 2.75) is 19.8 Å². The zero-order valence-electron chi connectivity index (χ0n) is 10.0. The summed E-state index contributed by atoms with van der Waals surface area (Å²) in [7, 11) is 1.82. The highest BCUT2D eigenvalue weighted by Crippen LogP contribution is 2.24. The molecule has 6 heteroatoms. The first-order chi connectivity index (χ1) is 8.52. The second-order valence-electron chi connectivity index (χ2n) is 3.92. The van der Waals surface area contributed by atoms with E-state index in [9.17, 15) is 4.79 Å². The van der Waals surface area contributed by atoms with E-state index >= 15 is 0 Å². The number of nitrogens with zero attached hydrogens (tertiary/aromatic N) is 2. The Balaban J connectivity index is 2.24. The SMILES string of the molecule is CCc1nn(C)c(CC(=O)c2csc(I)c2)c1Cl. The summed E-state index contributed by atoms with van der Waals surface area (Å²) in [6.45, 7) is 2.00. The number of carbonyl (C=O) groups is 1. The van der Waals surface area contributed by atoms with Crippen LogP contribution in [0, 0.1) is 2.88 Å². The third kappa shape index (κ3) is 2.78. The molecule has 2 aromatic rings. The molecule has 0 aliphatic rings. The van der Waals surface area contributed by atoms with E-state index in [2.05, 4.69) is 27.7 Å². The van der Waals surface area contributed by atoms with Gasteiger partial charge in [0.1, 0.15) is 0 Å². The van der Waals surface area contributed by atoms with Crippen molar-refractivity contribution in [2.75, 3.05) is 0 Å². The van der Waals surface area contributed by atoms with E-state index in [0.717, 1.165) is 26.3 Å². The predicted octanol–water partition coefficient (Wildman–Crippen LogP) is 3.73. The van der Waals surface area contributed by atoms with Crippen molar-refractivity contribution in [3.8, 4) is 0 Å². The largest absolute Gasteiger partial charge is 0.294 e. The number of aryl methyl sites for hydroxylation is 2. The van der Waals surface area contributed by atoms with E-state index in [4.69, 9.17) is 11.6 Å². The Labute approximate surface area is 128 Å². The van der Waals surface area contributed by atoms with Gasteiger partial charge in [-0.2, -0.15) is 5.10 Å². The van der Waals surface area contributed by atoms with E-state index in [0.29, 0.717) is 11.4 Å². The molecule has 0 saturated carbocycles. The van der Waals surface area contributed by atoms with Gasteiger partial charge in [-0.15, -0.1) is 11.3 Å². The Morgan fingerprint density at radius 3 is 2.83 bits per heavy atom. The van der Waals surface area contributed by atoms with Crippen LogP contribution in [-0.4, -0.2) is 15.6 Å². The highest BCUT2D eigenvalue weighted by atomic mass is 127. The first kappa shape index (κ1) is 14.0. The Hall–Kier alpha value is -0.400. The zero-order valence-corrected chi connectivity index (χ0v) is 13.8. The van der Waals surface area contributed by atoms with Crippen LogP contribution in [-0.2, 0) is 19.9 Å². The number of Topliss-reactive ketones (excluding diaryl/α,β-unsaturated/α-hetero) is 1. The minimum Gasteiger partial charge on any atom is -0.294 e. The van der Waals surface area contributed by atoms with Crippen LogP contribution >= 0.6 is 45.5 Å². The number of rotatable bonds is 4. The molecule has 2 heterocycles. The summed E-state index contributed by atoms with van der Waals surface area (Å²) in [6.07, 6.45) is 1.08. The van der Waals surface area contributed by atoms with Gasteiger partial charge in [-0.05, 0) is 35.1 Å². The average Bonchev–Trinajstić information content (AvgIpc) is 2.87. The van der Waals surface area contributed by atoms with E-state index in [1.54, 1.807) is 16.0 Å². The number of halogens is 2. The van der Waals surface area contributed by atoms with E-state index < -0.39 is 0 Å². The average molecular weight is 395 g/mol. The van der Waals surface area contributed by atoms with Gasteiger partial charge in [0.05, 0.1) is 25.7 Å². The third-order valence-corrected chi connectivity index (χ3v) is 4.95. The molecular formula is C12H12ClIN2OS. The lowest BCUT2D eigenvalue weighted by Crippen LogP contribution is -2.07. The van der Waals surface area contributed by atoms with Gasteiger partial charge in [0.25, 0.3) is 0 Å². The van der Waals surface area contributed by atoms with Crippen LogP contribution in [0.5, 0.6) is 0 Å². The lowest BCUT2D eigenvalue weighted by molar-refractivity contribution is 0.0991. The minimum absolute atomic E-state index is 0.0849. The molecule has 2 aromatic heterocycles. The fourth-order valence-corrected chi connectivity index (χ4v) is 3.43. The second kappa shape index (κ2) is 5.71. The summed E-state index contributed by atoms with van der Waals surface area (Å²) >= 11 is 10.0. The van der Waals surface area contributed by atoms with Crippen LogP contribution in [0.15, 0.2) is 11.4 Å². The summed E-state index contributed by atoms with van der Waals surface area (Å²) in [5.41, 5.74) is 2.39. The minimum atomic E-state index is 0.0849. The Morgan fingerprint density at radius 2 is 2.33 bits per heavy atom. The molecule has 0 fully saturated rings. The molecule has 2 rings (SSSR count). The normalized spacial score (nSPS) is 10.9. The second-order valence-corrected chi connectivity index (χ2v) is 7.11. The monoisotopic (exact) mass is 394 g/mol. The molecule has 18 heavy (non-hydrogen) atoms. The van der Waals surface area contributed by atoms with Crippen molar-refractivity contribution < 1.29 is 4.79 Å².